The Morgan fingerprint density at radius 2 is 2.00 bits per heavy atom. The van der Waals surface area contributed by atoms with Gasteiger partial charge in [-0.15, -0.1) is 0 Å². The maximum absolute atomic E-state index is 12.0. The molecular formula is C17H21N3O. The zero-order valence-electron chi connectivity index (χ0n) is 12.4. The predicted octanol–water partition coefficient (Wildman–Crippen LogP) is 3.56. The zero-order valence-corrected chi connectivity index (χ0v) is 12.4. The van der Waals surface area contributed by atoms with Crippen LogP contribution in [0.3, 0.4) is 0 Å². The summed E-state index contributed by atoms with van der Waals surface area (Å²) < 4.78 is 0. The third-order valence-electron chi connectivity index (χ3n) is 4.13. The summed E-state index contributed by atoms with van der Waals surface area (Å²) in [5, 5.41) is 10.1. The number of aromatic nitrogens is 2. The maximum atomic E-state index is 12.0. The van der Waals surface area contributed by atoms with Crippen molar-refractivity contribution < 1.29 is 4.79 Å². The second kappa shape index (κ2) is 6.12. The van der Waals surface area contributed by atoms with E-state index in [-0.39, 0.29) is 5.91 Å². The van der Waals surface area contributed by atoms with Crippen LogP contribution in [-0.2, 0) is 11.2 Å². The lowest BCUT2D eigenvalue weighted by atomic mass is 10.0. The number of aromatic amines is 1. The Morgan fingerprint density at radius 3 is 2.71 bits per heavy atom. The van der Waals surface area contributed by atoms with Crippen molar-refractivity contribution in [2.45, 2.75) is 44.9 Å². The molecular weight excluding hydrogens is 262 g/mol. The number of rotatable bonds is 4. The lowest BCUT2D eigenvalue weighted by Gasteiger charge is -2.04. The highest BCUT2D eigenvalue weighted by Gasteiger charge is 2.20. The molecule has 2 aromatic rings. The summed E-state index contributed by atoms with van der Waals surface area (Å²) in [5.74, 6) is 1.25. The number of H-pyrrole nitrogens is 1. The van der Waals surface area contributed by atoms with E-state index < -0.39 is 0 Å². The van der Waals surface area contributed by atoms with Crippen LogP contribution in [0, 0.1) is 6.92 Å². The normalized spacial score (nSPS) is 15.3. The minimum absolute atomic E-state index is 0.0134. The van der Waals surface area contributed by atoms with Crippen molar-refractivity contribution in [3.8, 4) is 0 Å². The van der Waals surface area contributed by atoms with Gasteiger partial charge in [0.1, 0.15) is 5.82 Å². The van der Waals surface area contributed by atoms with E-state index in [9.17, 15) is 4.79 Å². The Morgan fingerprint density at radius 1 is 1.29 bits per heavy atom. The molecule has 4 heteroatoms. The maximum Gasteiger partial charge on any atom is 0.229 e. The molecule has 0 radical (unpaired) electrons. The summed E-state index contributed by atoms with van der Waals surface area (Å²) in [6.07, 6.45) is 5.38. The van der Waals surface area contributed by atoms with Crippen LogP contribution < -0.4 is 5.32 Å². The fourth-order valence-corrected chi connectivity index (χ4v) is 2.92. The first kappa shape index (κ1) is 13.9. The first-order valence-electron chi connectivity index (χ1n) is 7.61. The molecule has 4 nitrogen and oxygen atoms in total. The van der Waals surface area contributed by atoms with Crippen LogP contribution in [0.2, 0.25) is 0 Å². The lowest BCUT2D eigenvalue weighted by molar-refractivity contribution is -0.115. The van der Waals surface area contributed by atoms with Crippen molar-refractivity contribution >= 4 is 11.7 Å². The molecule has 110 valence electrons. The number of carbonyl (C=O) groups excluding carboxylic acids is 1. The SMILES string of the molecule is Cc1ccc(CC(=O)Nc2cc(C3CCCC3)n[nH]2)cc1. The number of benzene rings is 1. The largest absolute Gasteiger partial charge is 0.311 e. The van der Waals surface area contributed by atoms with E-state index in [1.165, 1.54) is 31.2 Å². The van der Waals surface area contributed by atoms with Gasteiger partial charge in [-0.1, -0.05) is 42.7 Å². The third kappa shape index (κ3) is 3.51. The number of nitrogens with one attached hydrogen (secondary N) is 2. The number of carbonyl (C=O) groups is 1. The highest BCUT2D eigenvalue weighted by atomic mass is 16.1. The van der Waals surface area contributed by atoms with E-state index in [0.717, 1.165) is 11.3 Å². The van der Waals surface area contributed by atoms with Crippen LogP contribution >= 0.6 is 0 Å². The van der Waals surface area contributed by atoms with Crippen molar-refractivity contribution in [2.24, 2.45) is 0 Å². The highest BCUT2D eigenvalue weighted by Crippen LogP contribution is 2.33. The van der Waals surface area contributed by atoms with E-state index in [2.05, 4.69) is 15.5 Å². The molecule has 0 aliphatic heterocycles. The molecule has 0 saturated heterocycles. The van der Waals surface area contributed by atoms with Gasteiger partial charge in [0.05, 0.1) is 12.1 Å². The summed E-state index contributed by atoms with van der Waals surface area (Å²) in [6.45, 7) is 2.04. The van der Waals surface area contributed by atoms with Gasteiger partial charge in [-0.25, -0.2) is 0 Å². The summed E-state index contributed by atoms with van der Waals surface area (Å²) in [5.41, 5.74) is 3.31. The molecule has 0 bridgehead atoms. The van der Waals surface area contributed by atoms with Crippen molar-refractivity contribution in [3.05, 3.63) is 47.2 Å². The monoisotopic (exact) mass is 283 g/mol. The van der Waals surface area contributed by atoms with E-state index >= 15 is 0 Å². The number of anilines is 1. The molecule has 0 unspecified atom stereocenters. The molecule has 1 fully saturated rings. The molecule has 1 amide bonds. The molecule has 2 N–H and O–H groups in total. The summed E-state index contributed by atoms with van der Waals surface area (Å²) in [4.78, 5) is 12.0. The van der Waals surface area contributed by atoms with Crippen LogP contribution in [0.15, 0.2) is 30.3 Å². The second-order valence-corrected chi connectivity index (χ2v) is 5.90. The number of nitrogens with zero attached hydrogens (tertiary/aromatic N) is 1. The van der Waals surface area contributed by atoms with Crippen LogP contribution in [0.25, 0.3) is 0 Å². The van der Waals surface area contributed by atoms with Gasteiger partial charge in [0.15, 0.2) is 0 Å². The number of hydrogen-bond donors (Lipinski definition) is 2. The average molecular weight is 283 g/mol. The van der Waals surface area contributed by atoms with Gasteiger partial charge in [0.25, 0.3) is 0 Å². The second-order valence-electron chi connectivity index (χ2n) is 5.90. The molecule has 1 aliphatic carbocycles. The number of aryl methyl sites for hydroxylation is 1. The molecule has 1 saturated carbocycles. The predicted molar refractivity (Wildman–Crippen MR) is 83.3 cm³/mol. The Kier molecular flexibility index (Phi) is 4.04. The first-order chi connectivity index (χ1) is 10.2. The smallest absolute Gasteiger partial charge is 0.229 e. The van der Waals surface area contributed by atoms with Gasteiger partial charge in [-0.05, 0) is 25.3 Å². The van der Waals surface area contributed by atoms with E-state index in [0.29, 0.717) is 18.2 Å². The molecule has 1 aliphatic rings. The topological polar surface area (TPSA) is 57.8 Å². The van der Waals surface area contributed by atoms with Gasteiger partial charge < -0.3 is 5.32 Å². The van der Waals surface area contributed by atoms with Crippen LogP contribution in [0.1, 0.15) is 48.4 Å². The van der Waals surface area contributed by atoms with E-state index in [1.807, 2.05) is 37.3 Å². The van der Waals surface area contributed by atoms with Crippen molar-refractivity contribution in [2.75, 3.05) is 5.32 Å². The summed E-state index contributed by atoms with van der Waals surface area (Å²) in [7, 11) is 0. The van der Waals surface area contributed by atoms with Crippen LogP contribution in [0.4, 0.5) is 5.82 Å². The fourth-order valence-electron chi connectivity index (χ4n) is 2.92. The lowest BCUT2D eigenvalue weighted by Crippen LogP contribution is -2.14. The first-order valence-corrected chi connectivity index (χ1v) is 7.61. The van der Waals surface area contributed by atoms with Crippen molar-refractivity contribution in [3.63, 3.8) is 0 Å². The molecule has 3 rings (SSSR count). The minimum Gasteiger partial charge on any atom is -0.311 e. The third-order valence-corrected chi connectivity index (χ3v) is 4.13. The standard InChI is InChI=1S/C17H21N3O/c1-12-6-8-13(9-7-12)10-17(21)18-16-11-15(19-20-16)14-4-2-3-5-14/h6-9,11,14H,2-5,10H2,1H3,(H2,18,19,20,21). The van der Waals surface area contributed by atoms with Gasteiger partial charge in [0, 0.05) is 12.0 Å². The summed E-state index contributed by atoms with van der Waals surface area (Å²) >= 11 is 0. The Labute approximate surface area is 125 Å². The van der Waals surface area contributed by atoms with Gasteiger partial charge in [-0.2, -0.15) is 5.10 Å². The van der Waals surface area contributed by atoms with Crippen molar-refractivity contribution in [1.29, 1.82) is 0 Å². The Hall–Kier alpha value is -2.10. The average Bonchev–Trinajstić information content (AvgIpc) is 3.12. The molecule has 1 aromatic carbocycles. The zero-order chi connectivity index (χ0) is 14.7. The van der Waals surface area contributed by atoms with Crippen LogP contribution in [0.5, 0.6) is 0 Å². The molecule has 1 aromatic heterocycles. The van der Waals surface area contributed by atoms with Crippen LogP contribution in [-0.4, -0.2) is 16.1 Å². The highest BCUT2D eigenvalue weighted by molar-refractivity contribution is 5.91. The van der Waals surface area contributed by atoms with E-state index in [4.69, 9.17) is 0 Å². The molecule has 21 heavy (non-hydrogen) atoms. The molecule has 0 spiro atoms. The minimum atomic E-state index is -0.0134. The molecule has 1 heterocycles. The Bertz CT molecular complexity index is 609. The fraction of sp³-hybridized carbons (Fsp3) is 0.412. The van der Waals surface area contributed by atoms with Gasteiger partial charge >= 0.3 is 0 Å². The van der Waals surface area contributed by atoms with Gasteiger partial charge in [-0.3, -0.25) is 9.89 Å². The molecule has 0 atom stereocenters. The quantitative estimate of drug-likeness (QED) is 0.901. The van der Waals surface area contributed by atoms with E-state index in [1.54, 1.807) is 0 Å². The van der Waals surface area contributed by atoms with Crippen molar-refractivity contribution in [1.82, 2.24) is 10.2 Å². The number of hydrogen-bond acceptors (Lipinski definition) is 2. The number of amides is 1. The summed E-state index contributed by atoms with van der Waals surface area (Å²) in [6, 6.07) is 10.0. The Balaban J connectivity index is 1.58. The van der Waals surface area contributed by atoms with Gasteiger partial charge in [0.2, 0.25) is 5.91 Å².